The van der Waals surface area contributed by atoms with Crippen LogP contribution in [0.2, 0.25) is 0 Å². The zero-order chi connectivity index (χ0) is 33.2. The third kappa shape index (κ3) is 6.26. The average molecular weight is 634 g/mol. The van der Waals surface area contributed by atoms with Crippen molar-refractivity contribution in [2.45, 2.75) is 38.3 Å². The van der Waals surface area contributed by atoms with E-state index in [1.807, 2.05) is 72.8 Å². The second-order valence-electron chi connectivity index (χ2n) is 13.1. The van der Waals surface area contributed by atoms with Gasteiger partial charge in [0.2, 0.25) is 11.8 Å². The maximum absolute atomic E-state index is 14.8. The van der Waals surface area contributed by atoms with Crippen LogP contribution in [0.4, 0.5) is 5.69 Å². The Morgan fingerprint density at radius 1 is 0.812 bits per heavy atom. The fraction of sp³-hybridized carbons (Fsp3) is 0.214. The Hall–Kier alpha value is -5.49. The minimum absolute atomic E-state index is 0.235. The summed E-state index contributed by atoms with van der Waals surface area (Å²) in [5.41, 5.74) is 12.2. The number of carbonyl (C=O) groups is 3. The van der Waals surface area contributed by atoms with Crippen molar-refractivity contribution in [2.75, 3.05) is 4.90 Å². The van der Waals surface area contributed by atoms with Gasteiger partial charge in [-0.2, -0.15) is 0 Å². The molecule has 1 heterocycles. The fourth-order valence-electron chi connectivity index (χ4n) is 7.12. The largest absolute Gasteiger partial charge is 0.369 e. The Kier molecular flexibility index (Phi) is 8.64. The topological polar surface area (TPSA) is 92.5 Å². The first-order valence-electron chi connectivity index (χ1n) is 16.7. The van der Waals surface area contributed by atoms with Gasteiger partial charge < -0.3 is 16.0 Å². The van der Waals surface area contributed by atoms with Gasteiger partial charge in [-0.25, -0.2) is 0 Å². The molecule has 5 aromatic carbocycles. The van der Waals surface area contributed by atoms with Crippen LogP contribution in [0.5, 0.6) is 0 Å². The summed E-state index contributed by atoms with van der Waals surface area (Å²) in [5.74, 6) is -2.05. The Morgan fingerprint density at radius 2 is 1.52 bits per heavy atom. The molecule has 6 heteroatoms. The Bertz CT molecular complexity index is 2030. The summed E-state index contributed by atoms with van der Waals surface area (Å²) in [5, 5.41) is 5.47. The van der Waals surface area contributed by atoms with Gasteiger partial charge in [0.25, 0.3) is 5.91 Å². The van der Waals surface area contributed by atoms with Crippen LogP contribution in [0.3, 0.4) is 0 Å². The van der Waals surface area contributed by atoms with Gasteiger partial charge in [-0.15, -0.1) is 6.58 Å². The molecule has 6 nitrogen and oxygen atoms in total. The molecular formula is C42H39N3O3. The first-order chi connectivity index (χ1) is 23.4. The van der Waals surface area contributed by atoms with Gasteiger partial charge in [-0.1, -0.05) is 116 Å². The van der Waals surface area contributed by atoms with Crippen LogP contribution in [-0.2, 0) is 20.9 Å². The van der Waals surface area contributed by atoms with Crippen molar-refractivity contribution in [1.82, 2.24) is 5.32 Å². The quantitative estimate of drug-likeness (QED) is 0.145. The highest BCUT2D eigenvalue weighted by atomic mass is 16.2. The van der Waals surface area contributed by atoms with Crippen LogP contribution in [0.15, 0.2) is 128 Å². The van der Waals surface area contributed by atoms with Crippen LogP contribution >= 0.6 is 0 Å². The number of hydrogen-bond donors (Lipinski definition) is 2. The van der Waals surface area contributed by atoms with E-state index in [4.69, 9.17) is 5.73 Å². The highest BCUT2D eigenvalue weighted by Gasteiger charge is 2.40. The number of rotatable bonds is 11. The van der Waals surface area contributed by atoms with Crippen LogP contribution in [0, 0.1) is 17.8 Å². The maximum Gasteiger partial charge on any atom is 0.254 e. The lowest BCUT2D eigenvalue weighted by Gasteiger charge is -2.29. The molecule has 5 aromatic rings. The molecule has 48 heavy (non-hydrogen) atoms. The summed E-state index contributed by atoms with van der Waals surface area (Å²) in [6, 6.07) is 37.7. The number of anilines is 1. The molecule has 7 rings (SSSR count). The molecule has 0 radical (unpaired) electrons. The van der Waals surface area contributed by atoms with Crippen LogP contribution in [0.25, 0.3) is 33.0 Å². The lowest BCUT2D eigenvalue weighted by atomic mass is 9.83. The third-order valence-corrected chi connectivity index (χ3v) is 9.80. The third-order valence-electron chi connectivity index (χ3n) is 9.80. The van der Waals surface area contributed by atoms with Crippen LogP contribution < -0.4 is 16.0 Å². The molecule has 0 aromatic heterocycles. The van der Waals surface area contributed by atoms with Gasteiger partial charge >= 0.3 is 0 Å². The van der Waals surface area contributed by atoms with E-state index in [1.54, 1.807) is 11.0 Å². The molecule has 2 aliphatic rings. The molecule has 1 saturated carbocycles. The fourth-order valence-corrected chi connectivity index (χ4v) is 7.12. The normalized spacial score (nSPS) is 16.7. The lowest BCUT2D eigenvalue weighted by molar-refractivity contribution is -0.135. The first-order valence-corrected chi connectivity index (χ1v) is 16.7. The number of hydrogen-bond acceptors (Lipinski definition) is 3. The summed E-state index contributed by atoms with van der Waals surface area (Å²) < 4.78 is 0. The van der Waals surface area contributed by atoms with E-state index in [0.717, 1.165) is 51.9 Å². The summed E-state index contributed by atoms with van der Waals surface area (Å²) in [7, 11) is 0. The van der Waals surface area contributed by atoms with Crippen molar-refractivity contribution in [3.05, 3.63) is 139 Å². The lowest BCUT2D eigenvalue weighted by Crippen LogP contribution is -2.46. The van der Waals surface area contributed by atoms with E-state index < -0.39 is 23.8 Å². The highest BCUT2D eigenvalue weighted by Crippen LogP contribution is 2.42. The molecule has 3 amide bonds. The number of carbonyl (C=O) groups excluding carboxylic acids is 3. The summed E-state index contributed by atoms with van der Waals surface area (Å²) in [6.07, 6.45) is 4.55. The molecule has 3 N–H and O–H groups in total. The minimum atomic E-state index is -0.955. The van der Waals surface area contributed by atoms with Crippen molar-refractivity contribution in [3.8, 4) is 22.3 Å². The number of benzene rings is 5. The average Bonchev–Trinajstić information content (AvgIpc) is 3.95. The first kappa shape index (κ1) is 31.1. The predicted octanol–water partition coefficient (Wildman–Crippen LogP) is 7.97. The minimum Gasteiger partial charge on any atom is -0.369 e. The van der Waals surface area contributed by atoms with Gasteiger partial charge in [-0.05, 0) is 75.5 Å². The SMILES string of the molecule is C=CC[C@H](C(N)=O)[C@@H](CC1CC1)C(=O)NC1C(=O)N(Cc2cccc(-c3ccc4ccccc4c3)c2)c2ccccc2-c2ccccc21. The number of nitrogens with two attached hydrogens (primary N) is 1. The Morgan fingerprint density at radius 3 is 2.29 bits per heavy atom. The molecule has 1 aliphatic carbocycles. The van der Waals surface area contributed by atoms with Crippen LogP contribution in [0.1, 0.15) is 42.9 Å². The predicted molar refractivity (Wildman–Crippen MR) is 192 cm³/mol. The molecule has 1 aliphatic heterocycles. The number of primary amides is 1. The van der Waals surface area contributed by atoms with Crippen molar-refractivity contribution in [2.24, 2.45) is 23.5 Å². The molecule has 240 valence electrons. The maximum atomic E-state index is 14.8. The number of nitrogens with one attached hydrogen (secondary N) is 1. The van der Waals surface area contributed by atoms with Crippen molar-refractivity contribution >= 4 is 34.2 Å². The van der Waals surface area contributed by atoms with Crippen molar-refractivity contribution in [3.63, 3.8) is 0 Å². The van der Waals surface area contributed by atoms with Gasteiger partial charge in [0.1, 0.15) is 6.04 Å². The van der Waals surface area contributed by atoms with Gasteiger partial charge in [0, 0.05) is 5.56 Å². The molecule has 1 unspecified atom stereocenters. The van der Waals surface area contributed by atoms with E-state index in [0.29, 0.717) is 25.3 Å². The van der Waals surface area contributed by atoms with Crippen molar-refractivity contribution in [1.29, 1.82) is 0 Å². The number of allylic oxidation sites excluding steroid dienone is 1. The Labute approximate surface area is 281 Å². The highest BCUT2D eigenvalue weighted by molar-refractivity contribution is 6.06. The molecule has 1 fully saturated rings. The second kappa shape index (κ2) is 13.3. The number of amides is 3. The van der Waals surface area contributed by atoms with E-state index >= 15 is 0 Å². The molecule has 3 atom stereocenters. The number of fused-ring (bicyclic) bond motifs is 4. The van der Waals surface area contributed by atoms with E-state index in [9.17, 15) is 14.4 Å². The second-order valence-corrected chi connectivity index (χ2v) is 13.1. The molecular weight excluding hydrogens is 594 g/mol. The van der Waals surface area contributed by atoms with Gasteiger partial charge in [-0.3, -0.25) is 14.4 Å². The molecule has 0 spiro atoms. The van der Waals surface area contributed by atoms with Crippen molar-refractivity contribution < 1.29 is 14.4 Å². The standard InChI is InChI=1S/C42H39N3O3/c1-2-10-36(40(43)46)37(24-27-19-20-27)41(47)44-39-35-17-6-5-15-33(35)34-16-7-8-18-38(34)45(42(39)48)26-28-11-9-14-30(23-28)32-22-21-29-12-3-4-13-31(29)25-32/h2-9,11-18,21-23,25,27,36-37,39H,1,10,19-20,24,26H2,(H2,43,46)(H,44,47)/t36-,37+,39?/m0/s1. The monoisotopic (exact) mass is 633 g/mol. The summed E-state index contributed by atoms with van der Waals surface area (Å²) >= 11 is 0. The van der Waals surface area contributed by atoms with E-state index in [1.165, 1.54) is 10.8 Å². The van der Waals surface area contributed by atoms with Crippen LogP contribution in [-0.4, -0.2) is 17.7 Å². The van der Waals surface area contributed by atoms with Gasteiger partial charge in [0.15, 0.2) is 0 Å². The Balaban J connectivity index is 1.25. The van der Waals surface area contributed by atoms with E-state index in [2.05, 4.69) is 54.4 Å². The smallest absolute Gasteiger partial charge is 0.254 e. The zero-order valence-electron chi connectivity index (χ0n) is 26.8. The van der Waals surface area contributed by atoms with Gasteiger partial charge in [0.05, 0.1) is 24.1 Å². The molecule has 0 saturated heterocycles. The van der Waals surface area contributed by atoms with E-state index in [-0.39, 0.29) is 11.8 Å². The number of para-hydroxylation sites is 1. The summed E-state index contributed by atoms with van der Waals surface area (Å²) in [6.45, 7) is 4.11. The zero-order valence-corrected chi connectivity index (χ0v) is 26.8. The number of nitrogens with zero attached hydrogens (tertiary/aromatic N) is 1. The molecule has 0 bridgehead atoms. The summed E-state index contributed by atoms with van der Waals surface area (Å²) in [4.78, 5) is 43.3.